The molecule has 7 nitrogen and oxygen atoms in total. The SMILES string of the molecule is Cc1nn(C)c(N(C)CC(=O)NC2CC2)c1C=CC(=O)O. The molecular formula is C14H20N4O3. The Hall–Kier alpha value is -2.31. The van der Waals surface area contributed by atoms with Crippen molar-refractivity contribution in [3.63, 3.8) is 0 Å². The summed E-state index contributed by atoms with van der Waals surface area (Å²) < 4.78 is 1.65. The first kappa shape index (κ1) is 15.1. The van der Waals surface area contributed by atoms with Crippen LogP contribution in [0.2, 0.25) is 0 Å². The molecule has 0 radical (unpaired) electrons. The highest BCUT2D eigenvalue weighted by Gasteiger charge is 2.24. The first-order chi connectivity index (χ1) is 9.88. The predicted octanol–water partition coefficient (Wildman–Crippen LogP) is 0.541. The number of rotatable bonds is 6. The number of aromatic nitrogens is 2. The molecule has 1 aromatic heterocycles. The van der Waals surface area contributed by atoms with Gasteiger partial charge in [-0.3, -0.25) is 9.48 Å². The third kappa shape index (κ3) is 3.84. The molecule has 1 amide bonds. The zero-order valence-electron chi connectivity index (χ0n) is 12.5. The second-order valence-corrected chi connectivity index (χ2v) is 5.32. The van der Waals surface area contributed by atoms with Gasteiger partial charge in [0, 0.05) is 31.8 Å². The molecule has 0 saturated heterocycles. The van der Waals surface area contributed by atoms with Gasteiger partial charge in [0.1, 0.15) is 5.82 Å². The summed E-state index contributed by atoms with van der Waals surface area (Å²) in [5.74, 6) is -0.332. The number of carbonyl (C=O) groups is 2. The molecular weight excluding hydrogens is 272 g/mol. The van der Waals surface area contributed by atoms with Crippen LogP contribution in [-0.2, 0) is 16.6 Å². The van der Waals surface area contributed by atoms with Crippen LogP contribution in [0.5, 0.6) is 0 Å². The molecule has 0 aromatic carbocycles. The molecule has 7 heteroatoms. The fraction of sp³-hybridized carbons (Fsp3) is 0.500. The van der Waals surface area contributed by atoms with Gasteiger partial charge in [0.2, 0.25) is 5.91 Å². The number of nitrogens with zero attached hydrogens (tertiary/aromatic N) is 3. The molecule has 1 aliphatic rings. The van der Waals surface area contributed by atoms with E-state index in [1.807, 2.05) is 6.92 Å². The van der Waals surface area contributed by atoms with Gasteiger partial charge in [-0.1, -0.05) is 0 Å². The Balaban J connectivity index is 2.16. The lowest BCUT2D eigenvalue weighted by molar-refractivity contribution is -0.131. The number of anilines is 1. The van der Waals surface area contributed by atoms with Gasteiger partial charge in [-0.25, -0.2) is 4.79 Å². The van der Waals surface area contributed by atoms with Gasteiger partial charge in [-0.2, -0.15) is 5.10 Å². The summed E-state index contributed by atoms with van der Waals surface area (Å²) in [5, 5.41) is 16.0. The minimum atomic E-state index is -1.02. The first-order valence-electron chi connectivity index (χ1n) is 6.83. The number of hydrogen-bond acceptors (Lipinski definition) is 4. The molecule has 2 N–H and O–H groups in total. The van der Waals surface area contributed by atoms with Crippen LogP contribution in [0.1, 0.15) is 24.1 Å². The van der Waals surface area contributed by atoms with Crippen LogP contribution >= 0.6 is 0 Å². The Bertz CT molecular complexity index is 587. The maximum atomic E-state index is 11.9. The molecule has 0 unspecified atom stereocenters. The molecule has 1 fully saturated rings. The molecule has 0 bridgehead atoms. The zero-order valence-corrected chi connectivity index (χ0v) is 12.5. The summed E-state index contributed by atoms with van der Waals surface area (Å²) >= 11 is 0. The lowest BCUT2D eigenvalue weighted by atomic mass is 10.2. The topological polar surface area (TPSA) is 87.5 Å². The molecule has 0 atom stereocenters. The van der Waals surface area contributed by atoms with E-state index >= 15 is 0 Å². The summed E-state index contributed by atoms with van der Waals surface area (Å²) in [6.07, 6.45) is 4.68. The highest BCUT2D eigenvalue weighted by molar-refractivity contribution is 5.88. The number of aliphatic carboxylic acids is 1. The summed E-state index contributed by atoms with van der Waals surface area (Å²) in [6.45, 7) is 2.02. The van der Waals surface area contributed by atoms with E-state index in [2.05, 4.69) is 10.4 Å². The average Bonchev–Trinajstić information content (AvgIpc) is 3.11. The summed E-state index contributed by atoms with van der Waals surface area (Å²) in [6, 6.07) is 0.325. The third-order valence-corrected chi connectivity index (χ3v) is 3.31. The molecule has 114 valence electrons. The van der Waals surface area contributed by atoms with Crippen molar-refractivity contribution in [1.29, 1.82) is 0 Å². The number of carbonyl (C=O) groups excluding carboxylic acids is 1. The van der Waals surface area contributed by atoms with Gasteiger partial charge in [-0.05, 0) is 25.8 Å². The number of aryl methyl sites for hydroxylation is 2. The Labute approximate surface area is 123 Å². The average molecular weight is 292 g/mol. The second kappa shape index (κ2) is 5.99. The van der Waals surface area contributed by atoms with Crippen LogP contribution in [0.15, 0.2) is 6.08 Å². The van der Waals surface area contributed by atoms with Gasteiger partial charge >= 0.3 is 5.97 Å². The normalized spacial score (nSPS) is 14.4. The van der Waals surface area contributed by atoms with Crippen LogP contribution < -0.4 is 10.2 Å². The lowest BCUT2D eigenvalue weighted by Gasteiger charge is -2.19. The van der Waals surface area contributed by atoms with Gasteiger partial charge in [-0.15, -0.1) is 0 Å². The van der Waals surface area contributed by atoms with Crippen molar-refractivity contribution in [3.05, 3.63) is 17.3 Å². The molecule has 1 saturated carbocycles. The monoisotopic (exact) mass is 292 g/mol. The highest BCUT2D eigenvalue weighted by atomic mass is 16.4. The fourth-order valence-corrected chi connectivity index (χ4v) is 2.26. The molecule has 21 heavy (non-hydrogen) atoms. The van der Waals surface area contributed by atoms with Crippen molar-refractivity contribution in [2.24, 2.45) is 7.05 Å². The van der Waals surface area contributed by atoms with Crippen molar-refractivity contribution in [1.82, 2.24) is 15.1 Å². The second-order valence-electron chi connectivity index (χ2n) is 5.32. The minimum Gasteiger partial charge on any atom is -0.478 e. The van der Waals surface area contributed by atoms with E-state index in [0.717, 1.165) is 30.4 Å². The fourth-order valence-electron chi connectivity index (χ4n) is 2.26. The molecule has 0 spiro atoms. The van der Waals surface area contributed by atoms with E-state index < -0.39 is 5.97 Å². The number of hydrogen-bond donors (Lipinski definition) is 2. The minimum absolute atomic E-state index is 0.0352. The van der Waals surface area contributed by atoms with Gasteiger partial charge in [0.25, 0.3) is 0 Å². The standard InChI is InChI=1S/C14H20N4O3/c1-9-11(6-7-13(20)21)14(18(3)16-9)17(2)8-12(19)15-10-4-5-10/h6-7,10H,4-5,8H2,1-3H3,(H,15,19)(H,20,21). The Kier molecular flexibility index (Phi) is 4.30. The van der Waals surface area contributed by atoms with Gasteiger partial charge < -0.3 is 15.3 Å². The van der Waals surface area contributed by atoms with Crippen LogP contribution in [0, 0.1) is 6.92 Å². The number of carboxylic acid groups (broad SMARTS) is 1. The highest BCUT2D eigenvalue weighted by Crippen LogP contribution is 2.24. The van der Waals surface area contributed by atoms with Crippen LogP contribution in [0.3, 0.4) is 0 Å². The first-order valence-corrected chi connectivity index (χ1v) is 6.83. The van der Waals surface area contributed by atoms with Gasteiger partial charge in [0.15, 0.2) is 0 Å². The zero-order chi connectivity index (χ0) is 15.6. The molecule has 2 rings (SSSR count). The van der Waals surface area contributed by atoms with Gasteiger partial charge in [0.05, 0.1) is 12.2 Å². The van der Waals surface area contributed by atoms with Crippen molar-refractivity contribution in [2.75, 3.05) is 18.5 Å². The van der Waals surface area contributed by atoms with Crippen molar-refractivity contribution >= 4 is 23.8 Å². The molecule has 1 aromatic rings. The van der Waals surface area contributed by atoms with E-state index in [0.29, 0.717) is 11.6 Å². The summed E-state index contributed by atoms with van der Waals surface area (Å²) in [7, 11) is 3.57. The predicted molar refractivity (Wildman–Crippen MR) is 79.0 cm³/mol. The third-order valence-electron chi connectivity index (χ3n) is 3.31. The van der Waals surface area contributed by atoms with Crippen LogP contribution in [-0.4, -0.2) is 46.4 Å². The van der Waals surface area contributed by atoms with Crippen LogP contribution in [0.4, 0.5) is 5.82 Å². The van der Waals surface area contributed by atoms with E-state index in [1.165, 1.54) is 6.08 Å². The number of amides is 1. The Morgan fingerprint density at radius 3 is 2.76 bits per heavy atom. The smallest absolute Gasteiger partial charge is 0.328 e. The van der Waals surface area contributed by atoms with Crippen LogP contribution in [0.25, 0.3) is 6.08 Å². The molecule has 1 heterocycles. The maximum absolute atomic E-state index is 11.9. The van der Waals surface area contributed by atoms with E-state index in [9.17, 15) is 9.59 Å². The largest absolute Gasteiger partial charge is 0.478 e. The molecule has 1 aliphatic carbocycles. The molecule has 0 aliphatic heterocycles. The Morgan fingerprint density at radius 1 is 1.52 bits per heavy atom. The quantitative estimate of drug-likeness (QED) is 0.747. The van der Waals surface area contributed by atoms with E-state index in [4.69, 9.17) is 5.11 Å². The summed E-state index contributed by atoms with van der Waals surface area (Å²) in [5.41, 5.74) is 1.43. The van der Waals surface area contributed by atoms with E-state index in [-0.39, 0.29) is 12.5 Å². The number of carboxylic acids is 1. The van der Waals surface area contributed by atoms with Crippen molar-refractivity contribution < 1.29 is 14.7 Å². The maximum Gasteiger partial charge on any atom is 0.328 e. The lowest BCUT2D eigenvalue weighted by Crippen LogP contribution is -2.37. The van der Waals surface area contributed by atoms with Crippen molar-refractivity contribution in [3.8, 4) is 0 Å². The number of nitrogens with one attached hydrogen (secondary N) is 1. The number of likely N-dealkylation sites (N-methyl/N-ethyl adjacent to an activating group) is 1. The summed E-state index contributed by atoms with van der Waals surface area (Å²) in [4.78, 5) is 24.3. The van der Waals surface area contributed by atoms with Crippen molar-refractivity contribution in [2.45, 2.75) is 25.8 Å². The van der Waals surface area contributed by atoms with E-state index in [1.54, 1.807) is 23.7 Å². The Morgan fingerprint density at radius 2 is 2.19 bits per heavy atom.